The van der Waals surface area contributed by atoms with E-state index in [4.69, 9.17) is 16.0 Å². The van der Waals surface area contributed by atoms with Crippen LogP contribution in [0.25, 0.3) is 11.0 Å². The quantitative estimate of drug-likeness (QED) is 0.693. The molecule has 0 aliphatic heterocycles. The molecule has 0 radical (unpaired) electrons. The van der Waals surface area contributed by atoms with Crippen molar-refractivity contribution in [3.63, 3.8) is 0 Å². The molecule has 62 valence electrons. The van der Waals surface area contributed by atoms with Crippen molar-refractivity contribution in [2.75, 3.05) is 0 Å². The van der Waals surface area contributed by atoms with E-state index in [0.717, 1.165) is 22.1 Å². The summed E-state index contributed by atoms with van der Waals surface area (Å²) in [5, 5.41) is 2.44. The maximum absolute atomic E-state index is 5.92. The number of furan rings is 1. The lowest BCUT2D eigenvalue weighted by atomic mass is 10.2. The van der Waals surface area contributed by atoms with Gasteiger partial charge in [-0.25, -0.2) is 0 Å². The lowest BCUT2D eigenvalue weighted by Gasteiger charge is -1.89. The van der Waals surface area contributed by atoms with E-state index in [1.165, 1.54) is 0 Å². The highest BCUT2D eigenvalue weighted by atomic mass is 79.9. The van der Waals surface area contributed by atoms with Crippen LogP contribution in [0.2, 0.25) is 5.02 Å². The van der Waals surface area contributed by atoms with Crippen LogP contribution < -0.4 is 0 Å². The molecule has 2 aromatic rings. The van der Waals surface area contributed by atoms with Crippen molar-refractivity contribution < 1.29 is 4.42 Å². The van der Waals surface area contributed by atoms with Crippen LogP contribution in [0, 0.1) is 0 Å². The molecule has 1 heterocycles. The average Bonchev–Trinajstić information content (AvgIpc) is 2.49. The number of alkyl halides is 1. The second-order valence-electron chi connectivity index (χ2n) is 2.50. The predicted molar refractivity (Wildman–Crippen MR) is 53.9 cm³/mol. The normalized spacial score (nSPS) is 10.8. The first-order chi connectivity index (χ1) is 5.81. The minimum Gasteiger partial charge on any atom is -0.459 e. The maximum atomic E-state index is 5.92. The Bertz CT molecular complexity index is 408. The fourth-order valence-electron chi connectivity index (χ4n) is 1.15. The smallest absolute Gasteiger partial charge is 0.152 e. The minimum absolute atomic E-state index is 0.666. The van der Waals surface area contributed by atoms with Crippen LogP contribution >= 0.6 is 27.5 Å². The van der Waals surface area contributed by atoms with Gasteiger partial charge in [-0.2, -0.15) is 0 Å². The highest BCUT2D eigenvalue weighted by Gasteiger charge is 2.04. The molecule has 0 spiro atoms. The molecule has 1 nitrogen and oxygen atoms in total. The molecular weight excluding hydrogens is 239 g/mol. The maximum Gasteiger partial charge on any atom is 0.152 e. The monoisotopic (exact) mass is 244 g/mol. The van der Waals surface area contributed by atoms with Crippen molar-refractivity contribution in [3.05, 3.63) is 35.0 Å². The van der Waals surface area contributed by atoms with Gasteiger partial charge in [0, 0.05) is 5.39 Å². The molecule has 12 heavy (non-hydrogen) atoms. The molecule has 0 aliphatic rings. The van der Waals surface area contributed by atoms with Gasteiger partial charge in [0.2, 0.25) is 0 Å². The summed E-state index contributed by atoms with van der Waals surface area (Å²) < 4.78 is 5.47. The Balaban J connectivity index is 2.74. The van der Waals surface area contributed by atoms with Gasteiger partial charge in [-0.05, 0) is 12.1 Å². The third-order valence-electron chi connectivity index (χ3n) is 1.68. The standard InChI is InChI=1S/C9H6BrClO/c10-5-7-4-6-2-1-3-8(11)9(6)12-7/h1-4H,5H2. The topological polar surface area (TPSA) is 13.1 Å². The number of halogens is 2. The molecule has 1 aromatic heterocycles. The summed E-state index contributed by atoms with van der Waals surface area (Å²) in [6, 6.07) is 7.70. The van der Waals surface area contributed by atoms with Crippen molar-refractivity contribution in [3.8, 4) is 0 Å². The van der Waals surface area contributed by atoms with Crippen LogP contribution in [0.4, 0.5) is 0 Å². The highest BCUT2D eigenvalue weighted by molar-refractivity contribution is 9.08. The summed E-state index contributed by atoms with van der Waals surface area (Å²) >= 11 is 9.24. The second-order valence-corrected chi connectivity index (χ2v) is 3.47. The van der Waals surface area contributed by atoms with Crippen molar-refractivity contribution in [2.24, 2.45) is 0 Å². The van der Waals surface area contributed by atoms with Gasteiger partial charge in [-0.15, -0.1) is 0 Å². The van der Waals surface area contributed by atoms with Crippen LogP contribution in [-0.2, 0) is 5.33 Å². The van der Waals surface area contributed by atoms with Crippen molar-refractivity contribution >= 4 is 38.5 Å². The third-order valence-corrected chi connectivity index (χ3v) is 2.53. The van der Waals surface area contributed by atoms with Crippen molar-refractivity contribution in [2.45, 2.75) is 5.33 Å². The van der Waals surface area contributed by atoms with Crippen LogP contribution in [0.15, 0.2) is 28.7 Å². The first kappa shape index (κ1) is 8.14. The van der Waals surface area contributed by atoms with Gasteiger partial charge in [0.25, 0.3) is 0 Å². The van der Waals surface area contributed by atoms with Crippen LogP contribution in [0.5, 0.6) is 0 Å². The van der Waals surface area contributed by atoms with E-state index in [9.17, 15) is 0 Å². The molecule has 0 N–H and O–H groups in total. The van der Waals surface area contributed by atoms with E-state index in [2.05, 4.69) is 15.9 Å². The lowest BCUT2D eigenvalue weighted by molar-refractivity contribution is 0.575. The number of rotatable bonds is 1. The highest BCUT2D eigenvalue weighted by Crippen LogP contribution is 2.27. The number of hydrogen-bond acceptors (Lipinski definition) is 1. The molecule has 0 saturated heterocycles. The Morgan fingerprint density at radius 3 is 2.92 bits per heavy atom. The molecular formula is C9H6BrClO. The molecule has 0 unspecified atom stereocenters. The summed E-state index contributed by atoms with van der Waals surface area (Å²) in [5.74, 6) is 0.901. The Morgan fingerprint density at radius 2 is 2.25 bits per heavy atom. The van der Waals surface area contributed by atoms with Crippen molar-refractivity contribution in [1.29, 1.82) is 0 Å². The summed E-state index contributed by atoms with van der Waals surface area (Å²) in [6.45, 7) is 0. The molecule has 2 rings (SSSR count). The number of hydrogen-bond donors (Lipinski definition) is 0. The number of para-hydroxylation sites is 1. The van der Waals surface area contributed by atoms with Gasteiger partial charge < -0.3 is 4.42 Å². The first-order valence-corrected chi connectivity index (χ1v) is 5.04. The molecule has 1 aromatic carbocycles. The summed E-state index contributed by atoms with van der Waals surface area (Å²) in [7, 11) is 0. The minimum atomic E-state index is 0.666. The van der Waals surface area contributed by atoms with E-state index in [1.807, 2.05) is 24.3 Å². The van der Waals surface area contributed by atoms with Gasteiger partial charge in [-0.1, -0.05) is 39.7 Å². The van der Waals surface area contributed by atoms with E-state index in [1.54, 1.807) is 0 Å². The van der Waals surface area contributed by atoms with E-state index >= 15 is 0 Å². The number of benzene rings is 1. The van der Waals surface area contributed by atoms with E-state index in [-0.39, 0.29) is 0 Å². The molecule has 0 atom stereocenters. The van der Waals surface area contributed by atoms with Crippen LogP contribution in [0.3, 0.4) is 0 Å². The van der Waals surface area contributed by atoms with E-state index in [0.29, 0.717) is 5.02 Å². The van der Waals surface area contributed by atoms with Gasteiger partial charge in [-0.3, -0.25) is 0 Å². The van der Waals surface area contributed by atoms with Gasteiger partial charge >= 0.3 is 0 Å². The molecule has 0 fully saturated rings. The zero-order chi connectivity index (χ0) is 8.55. The zero-order valence-electron chi connectivity index (χ0n) is 6.18. The van der Waals surface area contributed by atoms with Crippen LogP contribution in [0.1, 0.15) is 5.76 Å². The second kappa shape index (κ2) is 3.11. The summed E-state index contributed by atoms with van der Waals surface area (Å²) in [4.78, 5) is 0. The SMILES string of the molecule is Clc1cccc2cc(CBr)oc12. The molecule has 0 aliphatic carbocycles. The molecule has 0 saturated carbocycles. The number of fused-ring (bicyclic) bond motifs is 1. The van der Waals surface area contributed by atoms with Gasteiger partial charge in [0.15, 0.2) is 5.58 Å². The average molecular weight is 246 g/mol. The zero-order valence-corrected chi connectivity index (χ0v) is 8.52. The van der Waals surface area contributed by atoms with Gasteiger partial charge in [0.1, 0.15) is 5.76 Å². The Hall–Kier alpha value is -0.470. The third kappa shape index (κ3) is 1.25. The van der Waals surface area contributed by atoms with Crippen molar-refractivity contribution in [1.82, 2.24) is 0 Å². The Kier molecular flexibility index (Phi) is 2.11. The van der Waals surface area contributed by atoms with Crippen LogP contribution in [-0.4, -0.2) is 0 Å². The largest absolute Gasteiger partial charge is 0.459 e. The van der Waals surface area contributed by atoms with Gasteiger partial charge in [0.05, 0.1) is 10.4 Å². The first-order valence-electron chi connectivity index (χ1n) is 3.54. The lowest BCUT2D eigenvalue weighted by Crippen LogP contribution is -1.64. The molecule has 0 amide bonds. The predicted octanol–water partition coefficient (Wildman–Crippen LogP) is 3.98. The Morgan fingerprint density at radius 1 is 1.42 bits per heavy atom. The fraction of sp³-hybridized carbons (Fsp3) is 0.111. The summed E-state index contributed by atoms with van der Waals surface area (Å²) in [6.07, 6.45) is 0. The summed E-state index contributed by atoms with van der Waals surface area (Å²) in [5.41, 5.74) is 0.772. The fourth-order valence-corrected chi connectivity index (χ4v) is 1.64. The Labute approximate surface area is 83.4 Å². The molecule has 3 heteroatoms. The molecule has 0 bridgehead atoms. The van der Waals surface area contributed by atoms with E-state index < -0.39 is 0 Å².